The minimum absolute atomic E-state index is 0.172. The molecule has 0 radical (unpaired) electrons. The lowest BCUT2D eigenvalue weighted by Gasteiger charge is -2.33. The summed E-state index contributed by atoms with van der Waals surface area (Å²) < 4.78 is 10.5. The molecule has 5 aromatic rings. The van der Waals surface area contributed by atoms with Crippen molar-refractivity contribution in [3.05, 3.63) is 89.2 Å². The van der Waals surface area contributed by atoms with Gasteiger partial charge in [-0.1, -0.05) is 45.0 Å². The fourth-order valence-corrected chi connectivity index (χ4v) is 8.13. The van der Waals surface area contributed by atoms with Crippen molar-refractivity contribution in [3.63, 3.8) is 0 Å². The fourth-order valence-electron chi connectivity index (χ4n) is 8.13. The number of nitrogens with one attached hydrogen (secondary N) is 2. The van der Waals surface area contributed by atoms with Crippen LogP contribution in [-0.2, 0) is 12.0 Å². The van der Waals surface area contributed by atoms with Crippen LogP contribution in [0.25, 0.3) is 11.3 Å². The zero-order valence-electron chi connectivity index (χ0n) is 32.7. The molecule has 2 aromatic carbocycles. The van der Waals surface area contributed by atoms with Crippen molar-refractivity contribution >= 4 is 23.4 Å². The molecule has 2 amide bonds. The Labute approximate surface area is 323 Å². The minimum atomic E-state index is -0.310. The number of fused-ring (bicyclic) bond motifs is 2. The number of piperidine rings is 1. The summed E-state index contributed by atoms with van der Waals surface area (Å²) in [5.74, 6) is 2.43. The molecule has 55 heavy (non-hydrogen) atoms. The number of rotatable bonds is 8. The molecule has 3 aromatic heterocycles. The number of nitrogens with zero attached hydrogens (tertiary/aromatic N) is 8. The first kappa shape index (κ1) is 36.8. The third-order valence-electron chi connectivity index (χ3n) is 11.5. The Morgan fingerprint density at radius 3 is 2.51 bits per heavy atom. The van der Waals surface area contributed by atoms with E-state index in [9.17, 15) is 9.90 Å². The van der Waals surface area contributed by atoms with Gasteiger partial charge in [0.2, 0.25) is 5.95 Å². The molecule has 13 nitrogen and oxygen atoms in total. The van der Waals surface area contributed by atoms with E-state index in [0.717, 1.165) is 97.4 Å². The molecule has 1 aliphatic carbocycles. The molecule has 290 valence electrons. The number of aromatic hydroxyl groups is 1. The number of phenolic OH excluding ortho intramolecular Hbond substituents is 1. The Kier molecular flexibility index (Phi) is 10.2. The van der Waals surface area contributed by atoms with Crippen molar-refractivity contribution < 1.29 is 14.6 Å². The average Bonchev–Trinajstić information content (AvgIpc) is 3.79. The summed E-state index contributed by atoms with van der Waals surface area (Å²) in [5.41, 5.74) is 5.11. The number of likely N-dealkylation sites (N-methyl/N-ethyl adjacent to an activating group) is 1. The number of phenols is 1. The van der Waals surface area contributed by atoms with E-state index in [1.807, 2.05) is 53.1 Å². The summed E-state index contributed by atoms with van der Waals surface area (Å²) in [6.45, 7) is 14.1. The van der Waals surface area contributed by atoms with Crippen molar-refractivity contribution in [2.75, 3.05) is 50.0 Å². The average molecular weight is 747 g/mol. The first-order valence-electron chi connectivity index (χ1n) is 19.8. The molecule has 3 atom stereocenters. The Hall–Kier alpha value is -5.14. The maximum atomic E-state index is 13.8. The van der Waals surface area contributed by atoms with Gasteiger partial charge in [0.1, 0.15) is 23.4 Å². The molecule has 2 saturated heterocycles. The van der Waals surface area contributed by atoms with Crippen LogP contribution < -0.4 is 20.3 Å². The normalized spacial score (nSPS) is 21.0. The zero-order valence-corrected chi connectivity index (χ0v) is 32.7. The number of urea groups is 1. The third-order valence-corrected chi connectivity index (χ3v) is 11.5. The van der Waals surface area contributed by atoms with E-state index in [1.165, 1.54) is 6.42 Å². The van der Waals surface area contributed by atoms with Crippen molar-refractivity contribution in [3.8, 4) is 17.2 Å². The molecule has 2 aliphatic heterocycles. The monoisotopic (exact) mass is 746 g/mol. The predicted octanol–water partition coefficient (Wildman–Crippen LogP) is 6.82. The number of hydrogen-bond acceptors (Lipinski definition) is 9. The quantitative estimate of drug-likeness (QED) is 0.157. The number of benzene rings is 2. The van der Waals surface area contributed by atoms with E-state index >= 15 is 0 Å². The largest absolute Gasteiger partial charge is 0.508 e. The molecular weight excluding hydrogens is 693 g/mol. The second-order valence-corrected chi connectivity index (χ2v) is 16.6. The second kappa shape index (κ2) is 15.2. The molecular formula is C42H54N10O3. The molecule has 5 heterocycles. The van der Waals surface area contributed by atoms with E-state index in [-0.39, 0.29) is 29.3 Å². The standard InChI is InChI=1S/C42H54N10O3/c1-28-10-8-9-19-50(28)41-46-45-38-18-14-31(27-51(38)41)55-36-17-15-34(32-11-6-7-12-33(32)36)43-40(54)44-39-25-37(42(2,3)4)47-52(39)30-13-16-35(53)29(24-30)26-49-22-20-48(5)21-23-49/h6-7,11-14,16,18,24-25,27-28,34,36,53H,8-10,15,17,19-23,26H2,1-5H3,(H2,43,44,54)/t28-,34-,36+/m0/s1. The second-order valence-electron chi connectivity index (χ2n) is 16.6. The van der Waals surface area contributed by atoms with Crippen molar-refractivity contribution in [2.24, 2.45) is 0 Å². The molecule has 0 unspecified atom stereocenters. The number of piperazine rings is 1. The van der Waals surface area contributed by atoms with Crippen LogP contribution in [0.4, 0.5) is 16.6 Å². The van der Waals surface area contributed by atoms with E-state index in [1.54, 1.807) is 10.7 Å². The number of pyridine rings is 1. The van der Waals surface area contributed by atoms with Crippen LogP contribution in [-0.4, -0.2) is 91.1 Å². The van der Waals surface area contributed by atoms with Crippen LogP contribution in [0.15, 0.2) is 66.9 Å². The maximum absolute atomic E-state index is 13.8. The van der Waals surface area contributed by atoms with Crippen molar-refractivity contribution in [2.45, 2.75) is 89.9 Å². The highest BCUT2D eigenvalue weighted by Crippen LogP contribution is 2.39. The van der Waals surface area contributed by atoms with Crippen molar-refractivity contribution in [1.82, 2.24) is 39.5 Å². The Balaban J connectivity index is 0.990. The smallest absolute Gasteiger partial charge is 0.320 e. The molecule has 3 aliphatic rings. The Bertz CT molecular complexity index is 2150. The van der Waals surface area contributed by atoms with Gasteiger partial charge in [0.15, 0.2) is 5.65 Å². The summed E-state index contributed by atoms with van der Waals surface area (Å²) in [5, 5.41) is 31.1. The van der Waals surface area contributed by atoms with Gasteiger partial charge in [-0.25, -0.2) is 9.48 Å². The first-order valence-corrected chi connectivity index (χ1v) is 19.8. The van der Waals surface area contributed by atoms with E-state index in [0.29, 0.717) is 24.8 Å². The number of carbonyl (C=O) groups is 1. The highest BCUT2D eigenvalue weighted by Gasteiger charge is 2.31. The topological polar surface area (TPSA) is 128 Å². The first-order chi connectivity index (χ1) is 26.5. The van der Waals surface area contributed by atoms with Crippen LogP contribution in [0.3, 0.4) is 0 Å². The van der Waals surface area contributed by atoms with Gasteiger partial charge in [-0.05, 0) is 87.5 Å². The van der Waals surface area contributed by atoms with Gasteiger partial charge in [-0.2, -0.15) is 5.10 Å². The third kappa shape index (κ3) is 7.86. The number of carbonyl (C=O) groups excluding carboxylic acids is 1. The summed E-state index contributed by atoms with van der Waals surface area (Å²) in [6.07, 6.45) is 6.81. The van der Waals surface area contributed by atoms with E-state index in [2.05, 4.69) is 82.4 Å². The lowest BCUT2D eigenvalue weighted by atomic mass is 9.85. The zero-order chi connectivity index (χ0) is 38.3. The Morgan fingerprint density at radius 1 is 0.927 bits per heavy atom. The molecule has 2 fully saturated rings. The van der Waals surface area contributed by atoms with Crippen LogP contribution >= 0.6 is 0 Å². The number of aromatic nitrogens is 5. The lowest BCUT2D eigenvalue weighted by molar-refractivity contribution is 0.147. The summed E-state index contributed by atoms with van der Waals surface area (Å²) in [4.78, 5) is 20.9. The van der Waals surface area contributed by atoms with Gasteiger partial charge in [0.25, 0.3) is 0 Å². The van der Waals surface area contributed by atoms with Gasteiger partial charge in [-0.15, -0.1) is 10.2 Å². The van der Waals surface area contributed by atoms with Gasteiger partial charge in [-0.3, -0.25) is 14.6 Å². The molecule has 0 saturated carbocycles. The minimum Gasteiger partial charge on any atom is -0.508 e. The van der Waals surface area contributed by atoms with E-state index in [4.69, 9.17) is 9.84 Å². The van der Waals surface area contributed by atoms with Crippen LogP contribution in [0, 0.1) is 0 Å². The number of ether oxygens (including phenoxy) is 1. The van der Waals surface area contributed by atoms with Crippen molar-refractivity contribution in [1.29, 1.82) is 0 Å². The van der Waals surface area contributed by atoms with Crippen LogP contribution in [0.1, 0.15) is 94.3 Å². The fraction of sp³-hybridized carbons (Fsp3) is 0.476. The number of anilines is 2. The summed E-state index contributed by atoms with van der Waals surface area (Å²) in [7, 11) is 2.14. The molecule has 13 heteroatoms. The summed E-state index contributed by atoms with van der Waals surface area (Å²) >= 11 is 0. The van der Waals surface area contributed by atoms with Gasteiger partial charge in [0, 0.05) is 62.4 Å². The molecule has 0 spiro atoms. The maximum Gasteiger partial charge on any atom is 0.320 e. The van der Waals surface area contributed by atoms with E-state index < -0.39 is 0 Å². The summed E-state index contributed by atoms with van der Waals surface area (Å²) in [6, 6.07) is 19.5. The SMILES string of the molecule is C[C@H]1CCCCN1c1nnc2ccc(O[C@@H]3CC[C@H](NC(=O)Nc4cc(C(C)(C)C)nn4-c4ccc(O)c(CN5CCN(C)CC5)c4)c4ccccc43)cn12. The van der Waals surface area contributed by atoms with Gasteiger partial charge in [0.05, 0.1) is 23.6 Å². The Morgan fingerprint density at radius 2 is 1.73 bits per heavy atom. The van der Waals surface area contributed by atoms with Crippen LogP contribution in [0.2, 0.25) is 0 Å². The lowest BCUT2D eigenvalue weighted by Crippen LogP contribution is -2.43. The predicted molar refractivity (Wildman–Crippen MR) is 214 cm³/mol. The van der Waals surface area contributed by atoms with Gasteiger partial charge < -0.3 is 25.0 Å². The number of hydrogen-bond donors (Lipinski definition) is 3. The number of amides is 2. The van der Waals surface area contributed by atoms with Gasteiger partial charge >= 0.3 is 6.03 Å². The molecule has 0 bridgehead atoms. The highest BCUT2D eigenvalue weighted by atomic mass is 16.5. The van der Waals surface area contributed by atoms with Crippen LogP contribution in [0.5, 0.6) is 11.5 Å². The molecule has 8 rings (SSSR count). The molecule has 3 N–H and O–H groups in total. The highest BCUT2D eigenvalue weighted by molar-refractivity contribution is 5.89.